The molecule has 0 rings (SSSR count). The summed E-state index contributed by atoms with van der Waals surface area (Å²) in [5.74, 6) is 3.27. The zero-order valence-corrected chi connectivity index (χ0v) is 13.4. The second-order valence-electron chi connectivity index (χ2n) is 7.22. The number of rotatable bonds is 7. The second kappa shape index (κ2) is 7.41. The zero-order valence-electron chi connectivity index (χ0n) is 13.4. The van der Waals surface area contributed by atoms with Crippen LogP contribution in [-0.2, 0) is 0 Å². The molecule has 0 aromatic rings. The van der Waals surface area contributed by atoms with Crippen LogP contribution in [0.1, 0.15) is 61.3 Å². The van der Waals surface area contributed by atoms with Gasteiger partial charge >= 0.3 is 0 Å². The molecule has 0 aromatic carbocycles. The second-order valence-corrected chi connectivity index (χ2v) is 7.22. The van der Waals surface area contributed by atoms with E-state index in [-0.39, 0.29) is 0 Å². The minimum atomic E-state index is 0.432. The average Bonchev–Trinajstić information content (AvgIpc) is 2.22. The van der Waals surface area contributed by atoms with Crippen molar-refractivity contribution in [2.45, 2.75) is 61.3 Å². The maximum Gasteiger partial charge on any atom is -0.00494 e. The number of hydrogen-bond donors (Lipinski definition) is 1. The molecule has 0 aliphatic rings. The summed E-state index contributed by atoms with van der Waals surface area (Å²) < 4.78 is 0. The van der Waals surface area contributed by atoms with Crippen LogP contribution < -0.4 is 5.32 Å². The van der Waals surface area contributed by atoms with Crippen LogP contribution >= 0.6 is 0 Å². The molecule has 4 unspecified atom stereocenters. The standard InChI is InChI=1S/C16H35N/c1-12(9-10-17-8)11-13(2)14(3)15(4)16(5,6)7/h12-15,17H,9-11H2,1-8H3. The monoisotopic (exact) mass is 241 g/mol. The molecule has 0 spiro atoms. The molecule has 0 aromatic heterocycles. The first-order chi connectivity index (χ1) is 7.70. The minimum Gasteiger partial charge on any atom is -0.320 e. The molecule has 4 atom stereocenters. The Bertz CT molecular complexity index is 192. The maximum absolute atomic E-state index is 3.25. The fourth-order valence-electron chi connectivity index (χ4n) is 2.64. The van der Waals surface area contributed by atoms with E-state index >= 15 is 0 Å². The summed E-state index contributed by atoms with van der Waals surface area (Å²) >= 11 is 0. The van der Waals surface area contributed by atoms with Gasteiger partial charge in [0.1, 0.15) is 0 Å². The van der Waals surface area contributed by atoms with Gasteiger partial charge in [-0.15, -0.1) is 0 Å². The lowest BCUT2D eigenvalue weighted by atomic mass is 9.69. The molecule has 0 aliphatic carbocycles. The van der Waals surface area contributed by atoms with Gasteiger partial charge in [-0.1, -0.05) is 48.5 Å². The molecule has 0 aliphatic heterocycles. The fourth-order valence-corrected chi connectivity index (χ4v) is 2.64. The van der Waals surface area contributed by atoms with Gasteiger partial charge < -0.3 is 5.32 Å². The van der Waals surface area contributed by atoms with E-state index in [0.29, 0.717) is 5.41 Å². The summed E-state index contributed by atoms with van der Waals surface area (Å²) in [4.78, 5) is 0. The highest BCUT2D eigenvalue weighted by molar-refractivity contribution is 4.78. The van der Waals surface area contributed by atoms with Gasteiger partial charge in [0.05, 0.1) is 0 Å². The number of hydrogen-bond acceptors (Lipinski definition) is 1. The van der Waals surface area contributed by atoms with Gasteiger partial charge in [0.2, 0.25) is 0 Å². The van der Waals surface area contributed by atoms with E-state index in [9.17, 15) is 0 Å². The summed E-state index contributed by atoms with van der Waals surface area (Å²) in [6.07, 6.45) is 2.67. The molecule has 0 fully saturated rings. The lowest BCUT2D eigenvalue weighted by Crippen LogP contribution is -2.29. The Kier molecular flexibility index (Phi) is 7.39. The summed E-state index contributed by atoms with van der Waals surface area (Å²) in [7, 11) is 2.04. The molecule has 0 heterocycles. The molecule has 0 radical (unpaired) electrons. The Balaban J connectivity index is 4.17. The summed E-state index contributed by atoms with van der Waals surface area (Å²) in [5.41, 5.74) is 0.432. The lowest BCUT2D eigenvalue weighted by molar-refractivity contribution is 0.132. The molecule has 0 bridgehead atoms. The van der Waals surface area contributed by atoms with Gasteiger partial charge in [-0.3, -0.25) is 0 Å². The highest BCUT2D eigenvalue weighted by Crippen LogP contribution is 2.37. The van der Waals surface area contributed by atoms with E-state index in [1.165, 1.54) is 12.8 Å². The van der Waals surface area contributed by atoms with E-state index in [0.717, 1.165) is 30.2 Å². The quantitative estimate of drug-likeness (QED) is 0.688. The molecule has 1 N–H and O–H groups in total. The fraction of sp³-hybridized carbons (Fsp3) is 1.00. The van der Waals surface area contributed by atoms with Gasteiger partial charge in [0.15, 0.2) is 0 Å². The van der Waals surface area contributed by atoms with Crippen molar-refractivity contribution in [3.8, 4) is 0 Å². The van der Waals surface area contributed by atoms with Crippen LogP contribution in [0.2, 0.25) is 0 Å². The molecule has 1 nitrogen and oxygen atoms in total. The summed E-state index contributed by atoms with van der Waals surface area (Å²) in [6.45, 7) is 17.9. The van der Waals surface area contributed by atoms with Crippen molar-refractivity contribution in [2.75, 3.05) is 13.6 Å². The van der Waals surface area contributed by atoms with Crippen molar-refractivity contribution in [1.29, 1.82) is 0 Å². The first kappa shape index (κ1) is 17.0. The normalized spacial score (nSPS) is 19.8. The topological polar surface area (TPSA) is 12.0 Å². The van der Waals surface area contributed by atoms with Gasteiger partial charge in [-0.25, -0.2) is 0 Å². The van der Waals surface area contributed by atoms with Crippen LogP contribution in [0.5, 0.6) is 0 Å². The van der Waals surface area contributed by atoms with E-state index in [1.54, 1.807) is 0 Å². The van der Waals surface area contributed by atoms with Crippen LogP contribution in [0.15, 0.2) is 0 Å². The van der Waals surface area contributed by atoms with Crippen molar-refractivity contribution in [3.05, 3.63) is 0 Å². The highest BCUT2D eigenvalue weighted by Gasteiger charge is 2.29. The van der Waals surface area contributed by atoms with Crippen molar-refractivity contribution in [1.82, 2.24) is 5.32 Å². The Labute approximate surface area is 110 Å². The van der Waals surface area contributed by atoms with Gasteiger partial charge in [-0.2, -0.15) is 0 Å². The smallest absolute Gasteiger partial charge is 0.00494 e. The predicted molar refractivity (Wildman–Crippen MR) is 79.3 cm³/mol. The molecular formula is C16H35N. The highest BCUT2D eigenvalue weighted by atomic mass is 14.8. The van der Waals surface area contributed by atoms with E-state index in [1.807, 2.05) is 7.05 Å². The Morgan fingerprint density at radius 3 is 1.94 bits per heavy atom. The molecule has 0 saturated heterocycles. The van der Waals surface area contributed by atoms with Crippen LogP contribution in [0.4, 0.5) is 0 Å². The minimum absolute atomic E-state index is 0.432. The maximum atomic E-state index is 3.25. The van der Waals surface area contributed by atoms with Crippen LogP contribution in [0, 0.1) is 29.1 Å². The molecule has 0 saturated carbocycles. The van der Waals surface area contributed by atoms with E-state index in [2.05, 4.69) is 53.8 Å². The third-order valence-electron chi connectivity index (χ3n) is 4.71. The SMILES string of the molecule is CNCCC(C)CC(C)C(C)C(C)C(C)(C)C. The lowest BCUT2D eigenvalue weighted by Gasteiger charge is -2.36. The van der Waals surface area contributed by atoms with Gasteiger partial charge in [0, 0.05) is 0 Å². The van der Waals surface area contributed by atoms with Gasteiger partial charge in [-0.05, 0) is 55.5 Å². The van der Waals surface area contributed by atoms with Gasteiger partial charge in [0.25, 0.3) is 0 Å². The number of nitrogens with one attached hydrogen (secondary N) is 1. The summed E-state index contributed by atoms with van der Waals surface area (Å²) in [6, 6.07) is 0. The third kappa shape index (κ3) is 6.45. The first-order valence-corrected chi connectivity index (χ1v) is 7.34. The van der Waals surface area contributed by atoms with Crippen LogP contribution in [0.3, 0.4) is 0 Å². The van der Waals surface area contributed by atoms with Crippen LogP contribution in [0.25, 0.3) is 0 Å². The van der Waals surface area contributed by atoms with Crippen molar-refractivity contribution >= 4 is 0 Å². The van der Waals surface area contributed by atoms with Crippen molar-refractivity contribution < 1.29 is 0 Å². The van der Waals surface area contributed by atoms with Crippen molar-refractivity contribution in [2.24, 2.45) is 29.1 Å². The van der Waals surface area contributed by atoms with Crippen molar-refractivity contribution in [3.63, 3.8) is 0 Å². The first-order valence-electron chi connectivity index (χ1n) is 7.34. The zero-order chi connectivity index (χ0) is 13.6. The van der Waals surface area contributed by atoms with E-state index < -0.39 is 0 Å². The Hall–Kier alpha value is -0.0400. The average molecular weight is 241 g/mol. The third-order valence-corrected chi connectivity index (χ3v) is 4.71. The van der Waals surface area contributed by atoms with Crippen LogP contribution in [-0.4, -0.2) is 13.6 Å². The largest absolute Gasteiger partial charge is 0.320 e. The molecule has 0 amide bonds. The Morgan fingerprint density at radius 2 is 1.53 bits per heavy atom. The Morgan fingerprint density at radius 1 is 1.00 bits per heavy atom. The van der Waals surface area contributed by atoms with E-state index in [4.69, 9.17) is 0 Å². The molecule has 104 valence electrons. The molecule has 17 heavy (non-hydrogen) atoms. The molecule has 1 heteroatoms. The summed E-state index contributed by atoms with van der Waals surface area (Å²) in [5, 5.41) is 3.25. The predicted octanol–water partition coefficient (Wildman–Crippen LogP) is 4.58. The molecular weight excluding hydrogens is 206 g/mol.